The van der Waals surface area contributed by atoms with Crippen LogP contribution in [0.3, 0.4) is 0 Å². The Bertz CT molecular complexity index is 535. The van der Waals surface area contributed by atoms with Gasteiger partial charge in [-0.2, -0.15) is 0 Å². The highest BCUT2D eigenvalue weighted by atomic mass is 16.5. The predicted octanol–water partition coefficient (Wildman–Crippen LogP) is 2.53. The van der Waals surface area contributed by atoms with E-state index < -0.39 is 5.97 Å². The minimum absolute atomic E-state index is 0.0312. The Morgan fingerprint density at radius 1 is 1.22 bits per heavy atom. The average molecular weight is 244 g/mol. The molecule has 0 aliphatic heterocycles. The summed E-state index contributed by atoms with van der Waals surface area (Å²) in [6.45, 7) is 2.07. The smallest absolute Gasteiger partial charge is 0.338 e. The van der Waals surface area contributed by atoms with Gasteiger partial charge in [0.1, 0.15) is 5.75 Å². The Labute approximate surface area is 104 Å². The van der Waals surface area contributed by atoms with E-state index in [0.29, 0.717) is 5.75 Å². The lowest BCUT2D eigenvalue weighted by molar-refractivity contribution is 0.0696. The van der Waals surface area contributed by atoms with Crippen LogP contribution in [0, 0.1) is 0 Å². The number of hydrogen-bond acceptors (Lipinski definition) is 4. The normalized spacial score (nSPS) is 10.1. The molecule has 0 spiro atoms. The molecule has 0 saturated carbocycles. The quantitative estimate of drug-likeness (QED) is 0.894. The summed E-state index contributed by atoms with van der Waals surface area (Å²) in [6, 6.07) is 7.70. The summed E-state index contributed by atoms with van der Waals surface area (Å²) in [7, 11) is 0. The molecule has 0 amide bonds. The van der Waals surface area contributed by atoms with E-state index in [1.807, 2.05) is 24.3 Å². The number of nitrogens with zero attached hydrogens (tertiary/aromatic N) is 2. The van der Waals surface area contributed by atoms with Crippen LogP contribution in [0.5, 0.6) is 11.8 Å². The number of aryl methyl sites for hydroxylation is 1. The highest BCUT2D eigenvalue weighted by molar-refractivity contribution is 5.86. The zero-order valence-electron chi connectivity index (χ0n) is 9.83. The molecule has 1 aromatic carbocycles. The van der Waals surface area contributed by atoms with E-state index in [-0.39, 0.29) is 11.6 Å². The third-order valence-electron chi connectivity index (χ3n) is 2.42. The molecule has 18 heavy (non-hydrogen) atoms. The second-order valence-corrected chi connectivity index (χ2v) is 3.66. The summed E-state index contributed by atoms with van der Waals surface area (Å²) >= 11 is 0. The van der Waals surface area contributed by atoms with Gasteiger partial charge in [0.2, 0.25) is 0 Å². The molecule has 0 unspecified atom stereocenters. The van der Waals surface area contributed by atoms with Crippen LogP contribution in [0.4, 0.5) is 0 Å². The summed E-state index contributed by atoms with van der Waals surface area (Å²) in [5.74, 6) is -0.441. The molecule has 0 aliphatic rings. The molecular weight excluding hydrogens is 232 g/mol. The Kier molecular flexibility index (Phi) is 3.52. The fourth-order valence-electron chi connectivity index (χ4n) is 1.38. The minimum Gasteiger partial charge on any atom is -0.478 e. The van der Waals surface area contributed by atoms with Gasteiger partial charge in [0.25, 0.3) is 0 Å². The van der Waals surface area contributed by atoms with Crippen molar-refractivity contribution in [1.82, 2.24) is 9.97 Å². The predicted molar refractivity (Wildman–Crippen MR) is 64.9 cm³/mol. The van der Waals surface area contributed by atoms with Gasteiger partial charge in [-0.05, 0) is 24.1 Å². The molecule has 0 aliphatic carbocycles. The van der Waals surface area contributed by atoms with Gasteiger partial charge in [-0.25, -0.2) is 14.8 Å². The van der Waals surface area contributed by atoms with Crippen LogP contribution in [-0.4, -0.2) is 21.0 Å². The second-order valence-electron chi connectivity index (χ2n) is 3.66. The van der Waals surface area contributed by atoms with E-state index >= 15 is 0 Å². The van der Waals surface area contributed by atoms with Crippen molar-refractivity contribution < 1.29 is 14.6 Å². The summed E-state index contributed by atoms with van der Waals surface area (Å²) in [6.07, 6.45) is 3.39. The van der Waals surface area contributed by atoms with Crippen LogP contribution in [-0.2, 0) is 6.42 Å². The number of benzene rings is 1. The highest BCUT2D eigenvalue weighted by Crippen LogP contribution is 2.18. The van der Waals surface area contributed by atoms with Crippen molar-refractivity contribution in [2.45, 2.75) is 13.3 Å². The Morgan fingerprint density at radius 2 is 1.83 bits per heavy atom. The summed E-state index contributed by atoms with van der Waals surface area (Å²) in [5, 5.41) is 8.70. The van der Waals surface area contributed by atoms with Gasteiger partial charge < -0.3 is 9.84 Å². The van der Waals surface area contributed by atoms with Crippen LogP contribution < -0.4 is 4.74 Å². The summed E-state index contributed by atoms with van der Waals surface area (Å²) in [5.41, 5.74) is 1.24. The molecule has 5 nitrogen and oxygen atoms in total. The number of rotatable bonds is 4. The third-order valence-corrected chi connectivity index (χ3v) is 2.42. The Hall–Kier alpha value is -2.43. The highest BCUT2D eigenvalue weighted by Gasteiger charge is 2.05. The molecular formula is C13H12N2O3. The van der Waals surface area contributed by atoms with Crippen molar-refractivity contribution >= 4 is 5.97 Å². The molecule has 2 rings (SSSR count). The van der Waals surface area contributed by atoms with Gasteiger partial charge >= 0.3 is 12.0 Å². The first kappa shape index (κ1) is 12.0. The first-order valence-electron chi connectivity index (χ1n) is 5.51. The summed E-state index contributed by atoms with van der Waals surface area (Å²) in [4.78, 5) is 18.3. The molecule has 5 heteroatoms. The van der Waals surface area contributed by atoms with E-state index in [4.69, 9.17) is 9.84 Å². The number of hydrogen-bond donors (Lipinski definition) is 1. The number of carboxylic acid groups (broad SMARTS) is 1. The Balaban J connectivity index is 2.10. The van der Waals surface area contributed by atoms with Crippen molar-refractivity contribution in [3.8, 4) is 11.8 Å². The average Bonchev–Trinajstić information content (AvgIpc) is 2.40. The van der Waals surface area contributed by atoms with Crippen LogP contribution in [0.15, 0.2) is 36.7 Å². The first-order chi connectivity index (χ1) is 8.69. The standard InChI is InChI=1S/C13H12N2O3/c1-2-9-3-5-11(6-4-9)18-13-14-7-10(8-15-13)12(16)17/h3-8H,2H2,1H3,(H,16,17). The van der Waals surface area contributed by atoms with E-state index in [2.05, 4.69) is 16.9 Å². The van der Waals surface area contributed by atoms with E-state index in [1.165, 1.54) is 18.0 Å². The van der Waals surface area contributed by atoms with Gasteiger partial charge in [0.15, 0.2) is 0 Å². The second kappa shape index (κ2) is 5.27. The van der Waals surface area contributed by atoms with Crippen LogP contribution in [0.25, 0.3) is 0 Å². The number of ether oxygens (including phenoxy) is 1. The van der Waals surface area contributed by atoms with Crippen LogP contribution >= 0.6 is 0 Å². The SMILES string of the molecule is CCc1ccc(Oc2ncc(C(=O)O)cn2)cc1. The molecule has 0 saturated heterocycles. The van der Waals surface area contributed by atoms with Crippen molar-refractivity contribution in [2.24, 2.45) is 0 Å². The fraction of sp³-hybridized carbons (Fsp3) is 0.154. The Morgan fingerprint density at radius 3 is 2.33 bits per heavy atom. The van der Waals surface area contributed by atoms with Crippen molar-refractivity contribution in [1.29, 1.82) is 0 Å². The van der Waals surface area contributed by atoms with E-state index in [0.717, 1.165) is 6.42 Å². The lowest BCUT2D eigenvalue weighted by Crippen LogP contribution is -1.99. The number of aromatic carboxylic acids is 1. The van der Waals surface area contributed by atoms with Gasteiger partial charge in [-0.1, -0.05) is 19.1 Å². The van der Waals surface area contributed by atoms with Crippen LogP contribution in [0.1, 0.15) is 22.8 Å². The molecule has 1 aromatic heterocycles. The van der Waals surface area contributed by atoms with E-state index in [1.54, 1.807) is 0 Å². The fourth-order valence-corrected chi connectivity index (χ4v) is 1.38. The van der Waals surface area contributed by atoms with Crippen molar-refractivity contribution in [3.63, 3.8) is 0 Å². The van der Waals surface area contributed by atoms with Gasteiger partial charge in [0.05, 0.1) is 5.56 Å². The summed E-state index contributed by atoms with van der Waals surface area (Å²) < 4.78 is 5.40. The lowest BCUT2D eigenvalue weighted by atomic mass is 10.2. The molecule has 92 valence electrons. The first-order valence-corrected chi connectivity index (χ1v) is 5.51. The number of carboxylic acids is 1. The minimum atomic E-state index is -1.06. The van der Waals surface area contributed by atoms with Gasteiger partial charge in [0, 0.05) is 12.4 Å². The molecule has 1 N–H and O–H groups in total. The lowest BCUT2D eigenvalue weighted by Gasteiger charge is -2.04. The number of aromatic nitrogens is 2. The monoisotopic (exact) mass is 244 g/mol. The maximum Gasteiger partial charge on any atom is 0.338 e. The van der Waals surface area contributed by atoms with Crippen LogP contribution in [0.2, 0.25) is 0 Å². The maximum atomic E-state index is 10.6. The molecule has 2 aromatic rings. The maximum absolute atomic E-state index is 10.6. The third kappa shape index (κ3) is 2.82. The van der Waals surface area contributed by atoms with Gasteiger partial charge in [-0.15, -0.1) is 0 Å². The van der Waals surface area contributed by atoms with Crippen molar-refractivity contribution in [2.75, 3.05) is 0 Å². The molecule has 1 heterocycles. The van der Waals surface area contributed by atoms with E-state index in [9.17, 15) is 4.79 Å². The number of carbonyl (C=O) groups is 1. The van der Waals surface area contributed by atoms with Gasteiger partial charge in [-0.3, -0.25) is 0 Å². The topological polar surface area (TPSA) is 72.3 Å². The molecule has 0 atom stereocenters. The molecule has 0 radical (unpaired) electrons. The largest absolute Gasteiger partial charge is 0.478 e. The molecule has 0 fully saturated rings. The van der Waals surface area contributed by atoms with Crippen molar-refractivity contribution in [3.05, 3.63) is 47.8 Å². The zero-order chi connectivity index (χ0) is 13.0. The molecule has 0 bridgehead atoms. The zero-order valence-corrected chi connectivity index (χ0v) is 9.83.